The minimum Gasteiger partial charge on any atom is -0.506 e. The second-order valence-corrected chi connectivity index (χ2v) is 11.4. The molecule has 0 radical (unpaired) electrons. The molecule has 0 fully saturated rings. The number of Topliss-reactive ketones (excluding diaryl/α,β-unsaturated/α-hetero) is 1. The Morgan fingerprint density at radius 1 is 1.00 bits per heavy atom. The molecule has 7 nitrogen and oxygen atoms in total. The third kappa shape index (κ3) is 6.37. The van der Waals surface area contributed by atoms with Gasteiger partial charge in [-0.1, -0.05) is 12.1 Å². The van der Waals surface area contributed by atoms with E-state index in [1.165, 1.54) is 19.2 Å². The lowest BCUT2D eigenvalue weighted by Gasteiger charge is -2.32. The van der Waals surface area contributed by atoms with Crippen molar-refractivity contribution in [2.75, 3.05) is 7.05 Å². The number of ether oxygens (including phenoxy) is 1. The molecule has 1 unspecified atom stereocenters. The second-order valence-electron chi connectivity index (χ2n) is 11.4. The second kappa shape index (κ2) is 10.6. The summed E-state index contributed by atoms with van der Waals surface area (Å²) in [5, 5.41) is 19.4. The van der Waals surface area contributed by atoms with Crippen LogP contribution >= 0.6 is 0 Å². The summed E-state index contributed by atoms with van der Waals surface area (Å²) in [7, 11) is 1.46. The minimum absolute atomic E-state index is 0.0151. The van der Waals surface area contributed by atoms with E-state index in [-0.39, 0.29) is 35.6 Å². The first-order valence-corrected chi connectivity index (χ1v) is 12.4. The van der Waals surface area contributed by atoms with Crippen molar-refractivity contribution < 1.29 is 33.0 Å². The number of quaternary nitrogens is 1. The van der Waals surface area contributed by atoms with Crippen molar-refractivity contribution >= 4 is 34.9 Å². The Morgan fingerprint density at radius 2 is 1.62 bits per heavy atom. The molecule has 1 heterocycles. The molecule has 206 valence electrons. The Morgan fingerprint density at radius 3 is 2.18 bits per heavy atom. The molecule has 0 spiro atoms. The molecule has 0 aromatic heterocycles. The van der Waals surface area contributed by atoms with E-state index in [1.807, 2.05) is 0 Å². The van der Waals surface area contributed by atoms with Gasteiger partial charge in [-0.15, -0.1) is 0 Å². The number of hydrogen-bond acceptors (Lipinski definition) is 6. The maximum Gasteiger partial charge on any atom is 0.349 e. The number of aliphatic hydroxyl groups is 1. The first-order valence-electron chi connectivity index (χ1n) is 12.4. The summed E-state index contributed by atoms with van der Waals surface area (Å²) in [6.45, 7) is 8.60. The van der Waals surface area contributed by atoms with E-state index in [9.17, 15) is 28.3 Å². The largest absolute Gasteiger partial charge is 0.506 e. The SMILES string of the molecule is CC(C)(C)OC(=O)C(C)(C)CC(=O)Cc1ccc([N+]2(C)C(=N)/C(=C(\O)c3ccc(F)cc3F)C=CC2=O)cc1. The van der Waals surface area contributed by atoms with E-state index in [4.69, 9.17) is 10.1 Å². The number of nitrogens with one attached hydrogen (secondary N) is 1. The molecule has 3 rings (SSSR count). The van der Waals surface area contributed by atoms with Crippen molar-refractivity contribution in [2.45, 2.75) is 53.1 Å². The number of rotatable bonds is 7. The molecule has 1 aliphatic rings. The molecular weight excluding hydrogens is 506 g/mol. The molecule has 1 atom stereocenters. The highest BCUT2D eigenvalue weighted by atomic mass is 19.1. The fourth-order valence-corrected chi connectivity index (χ4v) is 4.19. The number of hydrogen-bond donors (Lipinski definition) is 2. The standard InChI is InChI=1S/C30H32F2N2O5/c1-29(2,3)39-28(38)30(4,5)17-21(35)15-18-7-10-20(11-8-18)34(6)25(36)14-13-23(27(34)33)26(37)22-12-9-19(31)16-24(22)32/h7-14,16H,15,17H2,1-6H3,(H-,33,36,37)/p+1. The van der Waals surface area contributed by atoms with Gasteiger partial charge in [0.15, 0.2) is 0 Å². The zero-order chi connectivity index (χ0) is 29.3. The minimum atomic E-state index is -1.00. The van der Waals surface area contributed by atoms with Crippen molar-refractivity contribution in [1.29, 1.82) is 5.41 Å². The van der Waals surface area contributed by atoms with Crippen LogP contribution in [-0.4, -0.2) is 41.3 Å². The van der Waals surface area contributed by atoms with Gasteiger partial charge in [-0.05, 0) is 58.4 Å². The van der Waals surface area contributed by atoms with E-state index >= 15 is 0 Å². The average Bonchev–Trinajstić information content (AvgIpc) is 2.81. The van der Waals surface area contributed by atoms with Crippen LogP contribution < -0.4 is 4.48 Å². The number of benzene rings is 2. The van der Waals surface area contributed by atoms with E-state index < -0.39 is 44.8 Å². The van der Waals surface area contributed by atoms with E-state index in [2.05, 4.69) is 0 Å². The van der Waals surface area contributed by atoms with E-state index in [0.29, 0.717) is 17.3 Å². The monoisotopic (exact) mass is 539 g/mol. The highest BCUT2D eigenvalue weighted by Gasteiger charge is 2.44. The molecule has 0 saturated carbocycles. The summed E-state index contributed by atoms with van der Waals surface area (Å²) in [6.07, 6.45) is 2.44. The van der Waals surface area contributed by atoms with Crippen LogP contribution in [0.15, 0.2) is 60.2 Å². The van der Waals surface area contributed by atoms with Gasteiger partial charge in [0, 0.05) is 37.1 Å². The fourth-order valence-electron chi connectivity index (χ4n) is 4.19. The highest BCUT2D eigenvalue weighted by molar-refractivity contribution is 6.25. The van der Waals surface area contributed by atoms with Gasteiger partial charge >= 0.3 is 11.9 Å². The Balaban J connectivity index is 1.82. The van der Waals surface area contributed by atoms with Crippen LogP contribution in [0.3, 0.4) is 0 Å². The number of amides is 1. The molecule has 2 N–H and O–H groups in total. The Kier molecular flexibility index (Phi) is 8.07. The summed E-state index contributed by atoms with van der Waals surface area (Å²) in [5.74, 6) is -3.83. The molecule has 0 saturated heterocycles. The van der Waals surface area contributed by atoms with Crippen LogP contribution in [0.1, 0.15) is 52.2 Å². The zero-order valence-electron chi connectivity index (χ0n) is 22.9. The molecule has 0 aliphatic carbocycles. The van der Waals surface area contributed by atoms with Crippen LogP contribution in [-0.2, 0) is 25.5 Å². The van der Waals surface area contributed by atoms with Crippen molar-refractivity contribution in [3.05, 3.63) is 83.0 Å². The summed E-state index contributed by atoms with van der Waals surface area (Å²) >= 11 is 0. The number of carbonyl (C=O) groups is 3. The lowest BCUT2D eigenvalue weighted by molar-refractivity contribution is -0.167. The molecule has 2 aromatic carbocycles. The Bertz CT molecular complexity index is 1400. The number of amidine groups is 1. The number of esters is 1. The third-order valence-electron chi connectivity index (χ3n) is 6.42. The van der Waals surface area contributed by atoms with Gasteiger partial charge in [0.1, 0.15) is 34.5 Å². The predicted octanol–water partition coefficient (Wildman–Crippen LogP) is 5.81. The average molecular weight is 540 g/mol. The van der Waals surface area contributed by atoms with Gasteiger partial charge in [0.25, 0.3) is 0 Å². The molecular formula is C30H33F2N2O5+. The van der Waals surface area contributed by atoms with Crippen molar-refractivity contribution in [1.82, 2.24) is 4.48 Å². The van der Waals surface area contributed by atoms with Crippen molar-refractivity contribution in [2.24, 2.45) is 5.41 Å². The van der Waals surface area contributed by atoms with Gasteiger partial charge in [-0.25, -0.2) is 19.0 Å². The van der Waals surface area contributed by atoms with Crippen LogP contribution in [0.2, 0.25) is 0 Å². The lowest BCUT2D eigenvalue weighted by atomic mass is 9.85. The summed E-state index contributed by atoms with van der Waals surface area (Å²) < 4.78 is 32.4. The highest BCUT2D eigenvalue weighted by Crippen LogP contribution is 2.33. The van der Waals surface area contributed by atoms with Crippen LogP contribution in [0, 0.1) is 22.5 Å². The molecule has 2 aromatic rings. The van der Waals surface area contributed by atoms with Crippen LogP contribution in [0.5, 0.6) is 0 Å². The summed E-state index contributed by atoms with van der Waals surface area (Å²) in [6, 6.07) is 9.17. The number of aliphatic hydroxyl groups excluding tert-OH is 1. The van der Waals surface area contributed by atoms with Gasteiger partial charge in [-0.2, -0.15) is 4.48 Å². The lowest BCUT2D eigenvalue weighted by Crippen LogP contribution is -2.56. The van der Waals surface area contributed by atoms with Gasteiger partial charge < -0.3 is 9.84 Å². The topological polar surface area (TPSA) is 105 Å². The predicted molar refractivity (Wildman–Crippen MR) is 145 cm³/mol. The molecule has 1 amide bonds. The zero-order valence-corrected chi connectivity index (χ0v) is 22.9. The van der Waals surface area contributed by atoms with E-state index in [0.717, 1.165) is 12.1 Å². The normalized spacial score (nSPS) is 19.2. The number of nitrogens with zero attached hydrogens (tertiary/aromatic N) is 1. The van der Waals surface area contributed by atoms with Gasteiger partial charge in [0.05, 0.1) is 23.6 Å². The fraction of sp³-hybridized carbons (Fsp3) is 0.333. The molecule has 0 bridgehead atoms. The first-order chi connectivity index (χ1) is 18.0. The number of carbonyl (C=O) groups excluding carboxylic acids is 3. The van der Waals surface area contributed by atoms with Gasteiger partial charge in [0.2, 0.25) is 5.84 Å². The quantitative estimate of drug-likeness (QED) is 0.262. The molecule has 9 heteroatoms. The molecule has 39 heavy (non-hydrogen) atoms. The summed E-state index contributed by atoms with van der Waals surface area (Å²) in [4.78, 5) is 38.2. The number of ketones is 1. The smallest absolute Gasteiger partial charge is 0.349 e. The Hall–Kier alpha value is -3.98. The van der Waals surface area contributed by atoms with E-state index in [1.54, 1.807) is 58.9 Å². The van der Waals surface area contributed by atoms with Crippen LogP contribution in [0.4, 0.5) is 14.5 Å². The first kappa shape index (κ1) is 29.6. The number of likely N-dealkylation sites (N-methyl/N-ethyl adjacent to an activating group) is 1. The summed E-state index contributed by atoms with van der Waals surface area (Å²) in [5.41, 5.74) is -1.03. The van der Waals surface area contributed by atoms with Crippen molar-refractivity contribution in [3.8, 4) is 0 Å². The Labute approximate surface area is 226 Å². The number of halogens is 2. The molecule has 1 aliphatic heterocycles. The third-order valence-corrected chi connectivity index (χ3v) is 6.42. The maximum absolute atomic E-state index is 14.3. The van der Waals surface area contributed by atoms with Crippen LogP contribution in [0.25, 0.3) is 5.76 Å². The maximum atomic E-state index is 14.3. The van der Waals surface area contributed by atoms with Gasteiger partial charge in [-0.3, -0.25) is 9.59 Å². The van der Waals surface area contributed by atoms with Crippen molar-refractivity contribution in [3.63, 3.8) is 0 Å².